The maximum absolute atomic E-state index is 2.38. The van der Waals surface area contributed by atoms with Gasteiger partial charge >= 0.3 is 0 Å². The molecule has 0 heteroatoms. The SMILES string of the molecule is CC1=CC=CC2=CC(C)=C(C)CC=C2C1. The fourth-order valence-electron chi connectivity index (χ4n) is 2.01. The summed E-state index contributed by atoms with van der Waals surface area (Å²) in [5.41, 5.74) is 7.21. The van der Waals surface area contributed by atoms with Crippen LogP contribution in [0.4, 0.5) is 0 Å². The molecule has 0 saturated carbocycles. The van der Waals surface area contributed by atoms with Crippen molar-refractivity contribution in [3.8, 4) is 0 Å². The van der Waals surface area contributed by atoms with Crippen molar-refractivity contribution < 1.29 is 0 Å². The van der Waals surface area contributed by atoms with Gasteiger partial charge in [0, 0.05) is 0 Å². The normalized spacial score (nSPS) is 21.1. The average Bonchev–Trinajstić information content (AvgIpc) is 2.43. The van der Waals surface area contributed by atoms with Gasteiger partial charge < -0.3 is 0 Å². The third kappa shape index (κ3) is 2.20. The van der Waals surface area contributed by atoms with Crippen LogP contribution in [0, 0.1) is 0 Å². The quantitative estimate of drug-likeness (QED) is 0.538. The lowest BCUT2D eigenvalue weighted by atomic mass is 10.00. The first kappa shape index (κ1) is 10.2. The molecule has 0 aromatic rings. The molecule has 2 rings (SSSR count). The lowest BCUT2D eigenvalue weighted by Crippen LogP contribution is -1.86. The van der Waals surface area contributed by atoms with E-state index in [0.29, 0.717) is 0 Å². The van der Waals surface area contributed by atoms with Crippen molar-refractivity contribution in [3.63, 3.8) is 0 Å². The molecule has 0 unspecified atom stereocenters. The van der Waals surface area contributed by atoms with Crippen molar-refractivity contribution >= 4 is 0 Å². The Kier molecular flexibility index (Phi) is 2.77. The molecule has 2 aliphatic carbocycles. The van der Waals surface area contributed by atoms with Crippen LogP contribution in [0.3, 0.4) is 0 Å². The van der Waals surface area contributed by atoms with Crippen molar-refractivity contribution in [2.45, 2.75) is 33.6 Å². The molecule has 0 aromatic carbocycles. The zero-order valence-electron chi connectivity index (χ0n) is 9.80. The summed E-state index contributed by atoms with van der Waals surface area (Å²) in [6.07, 6.45) is 13.5. The summed E-state index contributed by atoms with van der Waals surface area (Å²) in [4.78, 5) is 0. The highest BCUT2D eigenvalue weighted by Gasteiger charge is 2.09. The third-order valence-electron chi connectivity index (χ3n) is 3.20. The molecule has 0 atom stereocenters. The minimum atomic E-state index is 1.10. The van der Waals surface area contributed by atoms with E-state index in [-0.39, 0.29) is 0 Å². The maximum atomic E-state index is 2.38. The van der Waals surface area contributed by atoms with Crippen molar-refractivity contribution in [2.75, 3.05) is 0 Å². The van der Waals surface area contributed by atoms with Crippen molar-refractivity contribution in [3.05, 3.63) is 58.2 Å². The lowest BCUT2D eigenvalue weighted by Gasteiger charge is -2.05. The van der Waals surface area contributed by atoms with Gasteiger partial charge in [-0.05, 0) is 44.8 Å². The molecule has 0 N–H and O–H groups in total. The molecular formula is C15H18. The van der Waals surface area contributed by atoms with Crippen LogP contribution in [-0.2, 0) is 0 Å². The van der Waals surface area contributed by atoms with E-state index in [4.69, 9.17) is 0 Å². The van der Waals surface area contributed by atoms with Gasteiger partial charge in [0.15, 0.2) is 0 Å². The Labute approximate surface area is 92.4 Å². The van der Waals surface area contributed by atoms with Crippen LogP contribution in [0.2, 0.25) is 0 Å². The largest absolute Gasteiger partial charge is 0.0763 e. The second-order valence-corrected chi connectivity index (χ2v) is 4.55. The molecule has 2 aliphatic rings. The van der Waals surface area contributed by atoms with Gasteiger partial charge in [0.05, 0.1) is 0 Å². The fraction of sp³-hybridized carbons (Fsp3) is 0.333. The molecule has 0 saturated heterocycles. The van der Waals surface area contributed by atoms with E-state index in [9.17, 15) is 0 Å². The smallest absolute Gasteiger partial charge is 0.00639 e. The van der Waals surface area contributed by atoms with Crippen LogP contribution < -0.4 is 0 Å². The Hall–Kier alpha value is -1.30. The first-order valence-corrected chi connectivity index (χ1v) is 5.58. The fourth-order valence-corrected chi connectivity index (χ4v) is 2.01. The summed E-state index contributed by atoms with van der Waals surface area (Å²) < 4.78 is 0. The molecule has 15 heavy (non-hydrogen) atoms. The van der Waals surface area contributed by atoms with E-state index in [1.807, 2.05) is 0 Å². The molecule has 0 aromatic heterocycles. The van der Waals surface area contributed by atoms with Gasteiger partial charge in [0.2, 0.25) is 0 Å². The Morgan fingerprint density at radius 2 is 1.93 bits per heavy atom. The van der Waals surface area contributed by atoms with Gasteiger partial charge in [-0.25, -0.2) is 0 Å². The van der Waals surface area contributed by atoms with Crippen molar-refractivity contribution in [1.29, 1.82) is 0 Å². The number of hydrogen-bond donors (Lipinski definition) is 0. The van der Waals surface area contributed by atoms with E-state index in [0.717, 1.165) is 12.8 Å². The molecule has 0 fully saturated rings. The van der Waals surface area contributed by atoms with Gasteiger partial charge in [0.25, 0.3) is 0 Å². The molecular weight excluding hydrogens is 180 g/mol. The number of rotatable bonds is 0. The van der Waals surface area contributed by atoms with Crippen LogP contribution in [0.25, 0.3) is 0 Å². The summed E-state index contributed by atoms with van der Waals surface area (Å²) >= 11 is 0. The second kappa shape index (κ2) is 4.06. The Balaban J connectivity index is 2.43. The third-order valence-corrected chi connectivity index (χ3v) is 3.20. The van der Waals surface area contributed by atoms with Gasteiger partial charge in [-0.3, -0.25) is 0 Å². The van der Waals surface area contributed by atoms with E-state index in [1.165, 1.54) is 27.9 Å². The van der Waals surface area contributed by atoms with Crippen LogP contribution in [0.5, 0.6) is 0 Å². The van der Waals surface area contributed by atoms with Crippen molar-refractivity contribution in [2.24, 2.45) is 0 Å². The summed E-state index contributed by atoms with van der Waals surface area (Å²) in [7, 11) is 0. The van der Waals surface area contributed by atoms with Crippen LogP contribution in [-0.4, -0.2) is 0 Å². The maximum Gasteiger partial charge on any atom is -0.00639 e. The van der Waals surface area contributed by atoms with Crippen LogP contribution >= 0.6 is 0 Å². The summed E-state index contributed by atoms with van der Waals surface area (Å²) in [6.45, 7) is 6.63. The minimum absolute atomic E-state index is 1.10. The number of allylic oxidation sites excluding steroid dienone is 10. The molecule has 0 spiro atoms. The average molecular weight is 198 g/mol. The van der Waals surface area contributed by atoms with E-state index < -0.39 is 0 Å². The molecule has 0 nitrogen and oxygen atoms in total. The van der Waals surface area contributed by atoms with E-state index in [1.54, 1.807) is 0 Å². The molecule has 0 radical (unpaired) electrons. The first-order chi connectivity index (χ1) is 7.16. The predicted molar refractivity (Wildman–Crippen MR) is 66.7 cm³/mol. The predicted octanol–water partition coefficient (Wildman–Crippen LogP) is 4.49. The molecule has 0 heterocycles. The van der Waals surface area contributed by atoms with Crippen LogP contribution in [0.15, 0.2) is 58.2 Å². The highest BCUT2D eigenvalue weighted by molar-refractivity contribution is 5.51. The number of hydrogen-bond acceptors (Lipinski definition) is 0. The Morgan fingerprint density at radius 1 is 1.13 bits per heavy atom. The standard InChI is InChI=1S/C15H18/c1-11-5-4-6-14-10-13(3)12(2)7-8-15(14)9-11/h4-6,8,10H,7,9H2,1-3H3. The van der Waals surface area contributed by atoms with Gasteiger partial charge in [-0.1, -0.05) is 47.1 Å². The van der Waals surface area contributed by atoms with Crippen LogP contribution in [0.1, 0.15) is 33.6 Å². The first-order valence-electron chi connectivity index (χ1n) is 5.58. The molecule has 0 aliphatic heterocycles. The molecule has 0 amide bonds. The zero-order chi connectivity index (χ0) is 10.8. The van der Waals surface area contributed by atoms with E-state index >= 15 is 0 Å². The number of fused-ring (bicyclic) bond motifs is 1. The highest BCUT2D eigenvalue weighted by Crippen LogP contribution is 2.29. The topological polar surface area (TPSA) is 0 Å². The monoisotopic (exact) mass is 198 g/mol. The Bertz CT molecular complexity index is 423. The zero-order valence-corrected chi connectivity index (χ0v) is 9.80. The lowest BCUT2D eigenvalue weighted by molar-refractivity contribution is 1.10. The second-order valence-electron chi connectivity index (χ2n) is 4.55. The van der Waals surface area contributed by atoms with Gasteiger partial charge in [0.1, 0.15) is 0 Å². The van der Waals surface area contributed by atoms with Gasteiger partial charge in [-0.15, -0.1) is 0 Å². The summed E-state index contributed by atoms with van der Waals surface area (Å²) in [5.74, 6) is 0. The molecule has 0 bridgehead atoms. The highest BCUT2D eigenvalue weighted by atomic mass is 14.1. The van der Waals surface area contributed by atoms with E-state index in [2.05, 4.69) is 51.2 Å². The summed E-state index contributed by atoms with van der Waals surface area (Å²) in [6, 6.07) is 0. The van der Waals surface area contributed by atoms with Gasteiger partial charge in [-0.2, -0.15) is 0 Å². The Morgan fingerprint density at radius 3 is 2.73 bits per heavy atom. The minimum Gasteiger partial charge on any atom is -0.0763 e. The summed E-state index contributed by atoms with van der Waals surface area (Å²) in [5, 5.41) is 0. The molecule has 78 valence electrons. The van der Waals surface area contributed by atoms with Crippen molar-refractivity contribution in [1.82, 2.24) is 0 Å².